The average Bonchev–Trinajstić information content (AvgIpc) is 3.45. The van der Waals surface area contributed by atoms with Crippen molar-refractivity contribution >= 4 is 135 Å². The standard InChI is InChI=1S/C32H20BrN3.C16H10Br2.C16H13N3/c33-27-17-13-22-12-16-26-29(18-14-23-11-15-25(27)30(22)31(23)26)36(24-9-5-2-6-10-24)32-34-20-19-28(35-32)21-7-3-1-4-8-21;17-13-8-4-10-2-6-12-14(18)7-3-9-1-5-11(13)16(10)15(9)12;1-3-7-13(8-4-1)15-11-12-17-16(19-15)18-14-9-5-2-6-10-14/h1-20H;1-3,5-7H,4,8H2;1-12H,(H,17,18,19). The first-order valence-electron chi connectivity index (χ1n) is 24.1. The van der Waals surface area contributed by atoms with E-state index < -0.39 is 0 Å². The number of aromatic nitrogens is 4. The van der Waals surface area contributed by atoms with Crippen LogP contribution in [0.2, 0.25) is 0 Å². The predicted molar refractivity (Wildman–Crippen MR) is 316 cm³/mol. The second-order valence-corrected chi connectivity index (χ2v) is 20.4. The zero-order valence-electron chi connectivity index (χ0n) is 39.2. The summed E-state index contributed by atoms with van der Waals surface area (Å²) in [4.78, 5) is 20.7. The van der Waals surface area contributed by atoms with Gasteiger partial charge in [0.2, 0.25) is 11.9 Å². The summed E-state index contributed by atoms with van der Waals surface area (Å²) < 4.78 is 3.62. The molecule has 14 rings (SSSR count). The maximum absolute atomic E-state index is 5.03. The number of hydrogen-bond donors (Lipinski definition) is 1. The molecule has 73 heavy (non-hydrogen) atoms. The summed E-state index contributed by atoms with van der Waals surface area (Å²) in [5.41, 5.74) is 8.47. The van der Waals surface area contributed by atoms with Gasteiger partial charge in [0, 0.05) is 53.7 Å². The number of nitrogens with one attached hydrogen (secondary N) is 1. The Hall–Kier alpha value is -7.82. The minimum absolute atomic E-state index is 0.604. The molecule has 11 aromatic carbocycles. The van der Waals surface area contributed by atoms with Crippen LogP contribution in [-0.4, -0.2) is 19.9 Å². The Morgan fingerprint density at radius 3 is 1.58 bits per heavy atom. The monoisotopic (exact) mass is 1130 g/mol. The Balaban J connectivity index is 0.000000123. The van der Waals surface area contributed by atoms with E-state index in [-0.39, 0.29) is 0 Å². The van der Waals surface area contributed by atoms with Gasteiger partial charge in [-0.05, 0) is 127 Å². The summed E-state index contributed by atoms with van der Waals surface area (Å²) in [5, 5.41) is 17.4. The van der Waals surface area contributed by atoms with Crippen LogP contribution in [0.1, 0.15) is 12.0 Å². The number of benzene rings is 11. The lowest BCUT2D eigenvalue weighted by Gasteiger charge is -2.26. The molecule has 0 radical (unpaired) electrons. The van der Waals surface area contributed by atoms with E-state index in [0.29, 0.717) is 11.9 Å². The zero-order valence-corrected chi connectivity index (χ0v) is 44.0. The fraction of sp³-hybridized carbons (Fsp3) is 0.0312. The summed E-state index contributed by atoms with van der Waals surface area (Å²) in [6, 6.07) is 75.3. The molecule has 350 valence electrons. The van der Waals surface area contributed by atoms with Gasteiger partial charge in [-0.25, -0.2) is 19.9 Å². The van der Waals surface area contributed by atoms with E-state index in [1.807, 2.05) is 103 Å². The summed E-state index contributed by atoms with van der Waals surface area (Å²) in [6.07, 6.45) is 5.85. The predicted octanol–water partition coefficient (Wildman–Crippen LogP) is 18.1. The van der Waals surface area contributed by atoms with Crippen LogP contribution in [0, 0.1) is 0 Å². The van der Waals surface area contributed by atoms with Crippen LogP contribution < -0.4 is 15.4 Å². The molecule has 2 heterocycles. The number of para-hydroxylation sites is 2. The fourth-order valence-corrected chi connectivity index (χ4v) is 11.4. The molecule has 6 nitrogen and oxygen atoms in total. The van der Waals surface area contributed by atoms with Crippen LogP contribution in [0.3, 0.4) is 0 Å². The van der Waals surface area contributed by atoms with Crippen molar-refractivity contribution in [3.8, 4) is 22.5 Å². The van der Waals surface area contributed by atoms with Crippen LogP contribution in [0.25, 0.3) is 80.9 Å². The van der Waals surface area contributed by atoms with E-state index in [1.54, 1.807) is 6.20 Å². The van der Waals surface area contributed by atoms with Crippen molar-refractivity contribution in [1.29, 1.82) is 0 Å². The quantitative estimate of drug-likeness (QED) is 0.160. The largest absolute Gasteiger partial charge is 0.324 e. The van der Waals surface area contributed by atoms with Gasteiger partial charge in [0.1, 0.15) is 0 Å². The molecule has 0 fully saturated rings. The van der Waals surface area contributed by atoms with E-state index in [9.17, 15) is 0 Å². The van der Waals surface area contributed by atoms with E-state index in [4.69, 9.17) is 9.97 Å². The summed E-state index contributed by atoms with van der Waals surface area (Å²) >= 11 is 11.2. The SMILES string of the molecule is BrC1=c2ccc3ccc(Br)c4ccc(c2c34)CC1.Brc1ccc2ccc3c(N(c4ccccc4)c4nccc(-c5ccccc5)n4)ccc4ccc1c2c43.c1ccc(Nc2nccc(-c3ccccc3)n2)cc1. The smallest absolute Gasteiger partial charge is 0.235 e. The molecular weight excluding hydrogens is 1090 g/mol. The molecule has 0 saturated carbocycles. The molecule has 0 bridgehead atoms. The van der Waals surface area contributed by atoms with Gasteiger partial charge in [-0.15, -0.1) is 0 Å². The Morgan fingerprint density at radius 2 is 0.918 bits per heavy atom. The number of aryl methyl sites for hydroxylation is 1. The Kier molecular flexibility index (Phi) is 12.9. The number of nitrogens with zero attached hydrogens (tertiary/aromatic N) is 5. The van der Waals surface area contributed by atoms with Gasteiger partial charge < -0.3 is 5.32 Å². The number of halogens is 3. The average molecular weight is 1140 g/mol. The highest BCUT2D eigenvalue weighted by molar-refractivity contribution is 9.14. The van der Waals surface area contributed by atoms with Crippen LogP contribution in [0.15, 0.2) is 240 Å². The summed E-state index contributed by atoms with van der Waals surface area (Å²) in [6.45, 7) is 0. The Morgan fingerprint density at radius 1 is 0.411 bits per heavy atom. The summed E-state index contributed by atoms with van der Waals surface area (Å²) in [7, 11) is 0. The van der Waals surface area contributed by atoms with Gasteiger partial charge in [-0.2, -0.15) is 0 Å². The lowest BCUT2D eigenvalue weighted by atomic mass is 9.90. The van der Waals surface area contributed by atoms with Crippen molar-refractivity contribution in [2.45, 2.75) is 12.8 Å². The molecular formula is C64H43Br3N6. The van der Waals surface area contributed by atoms with E-state index in [0.717, 1.165) is 56.9 Å². The van der Waals surface area contributed by atoms with Crippen molar-refractivity contribution in [3.63, 3.8) is 0 Å². The highest BCUT2D eigenvalue weighted by Crippen LogP contribution is 2.44. The molecule has 1 aliphatic rings. The van der Waals surface area contributed by atoms with Gasteiger partial charge in [0.15, 0.2) is 0 Å². The molecule has 0 saturated heterocycles. The van der Waals surface area contributed by atoms with Crippen molar-refractivity contribution in [1.82, 2.24) is 19.9 Å². The topological polar surface area (TPSA) is 66.8 Å². The highest BCUT2D eigenvalue weighted by atomic mass is 79.9. The van der Waals surface area contributed by atoms with Crippen LogP contribution >= 0.6 is 47.8 Å². The van der Waals surface area contributed by atoms with Crippen LogP contribution in [-0.2, 0) is 6.42 Å². The lowest BCUT2D eigenvalue weighted by molar-refractivity contribution is 1.03. The van der Waals surface area contributed by atoms with Gasteiger partial charge in [0.05, 0.1) is 17.1 Å². The summed E-state index contributed by atoms with van der Waals surface area (Å²) in [5.74, 6) is 1.24. The molecule has 0 unspecified atom stereocenters. The third-order valence-electron chi connectivity index (χ3n) is 13.4. The normalized spacial score (nSPS) is 11.9. The minimum Gasteiger partial charge on any atom is -0.324 e. The van der Waals surface area contributed by atoms with Crippen LogP contribution in [0.4, 0.5) is 29.0 Å². The third-order valence-corrected chi connectivity index (χ3v) is 15.6. The maximum Gasteiger partial charge on any atom is 0.235 e. The van der Waals surface area contributed by atoms with Crippen LogP contribution in [0.5, 0.6) is 0 Å². The molecule has 0 spiro atoms. The van der Waals surface area contributed by atoms with Crippen molar-refractivity contribution in [2.24, 2.45) is 0 Å². The number of anilines is 5. The first kappa shape index (κ1) is 46.3. The minimum atomic E-state index is 0.604. The van der Waals surface area contributed by atoms with Crippen molar-refractivity contribution in [2.75, 3.05) is 10.2 Å². The second kappa shape index (κ2) is 20.4. The molecule has 1 aliphatic carbocycles. The molecule has 1 N–H and O–H groups in total. The molecule has 0 aliphatic heterocycles. The highest BCUT2D eigenvalue weighted by Gasteiger charge is 2.21. The van der Waals surface area contributed by atoms with Gasteiger partial charge >= 0.3 is 0 Å². The van der Waals surface area contributed by atoms with E-state index in [2.05, 4.69) is 189 Å². The van der Waals surface area contributed by atoms with E-state index >= 15 is 0 Å². The molecule has 2 aromatic heterocycles. The fourth-order valence-electron chi connectivity index (χ4n) is 9.95. The Labute approximate surface area is 447 Å². The molecule has 0 atom stereocenters. The maximum atomic E-state index is 5.03. The Bertz CT molecular complexity index is 4160. The first-order chi connectivity index (χ1) is 35.9. The van der Waals surface area contributed by atoms with E-state index in [1.165, 1.54) is 73.6 Å². The van der Waals surface area contributed by atoms with Crippen molar-refractivity contribution < 1.29 is 0 Å². The number of rotatable bonds is 7. The second-order valence-electron chi connectivity index (χ2n) is 17.8. The first-order valence-corrected chi connectivity index (χ1v) is 26.4. The number of hydrogen-bond acceptors (Lipinski definition) is 6. The molecule has 0 amide bonds. The molecule has 13 aromatic rings. The van der Waals surface area contributed by atoms with Crippen molar-refractivity contribution in [3.05, 3.63) is 251 Å². The third kappa shape index (κ3) is 9.21. The lowest BCUT2D eigenvalue weighted by Crippen LogP contribution is -2.14. The zero-order chi connectivity index (χ0) is 49.3. The van der Waals surface area contributed by atoms with Gasteiger partial charge in [-0.3, -0.25) is 4.90 Å². The molecule has 9 heteroatoms. The van der Waals surface area contributed by atoms with Gasteiger partial charge in [0.25, 0.3) is 0 Å². The van der Waals surface area contributed by atoms with Gasteiger partial charge in [-0.1, -0.05) is 212 Å².